The van der Waals surface area contributed by atoms with Crippen LogP contribution < -0.4 is 15.4 Å². The van der Waals surface area contributed by atoms with Gasteiger partial charge in [0.2, 0.25) is 0 Å². The summed E-state index contributed by atoms with van der Waals surface area (Å²) in [6, 6.07) is 5.30. The number of hydrogen-bond acceptors (Lipinski definition) is 4. The van der Waals surface area contributed by atoms with Gasteiger partial charge in [-0.05, 0) is 59.7 Å². The van der Waals surface area contributed by atoms with E-state index in [4.69, 9.17) is 21.7 Å². The second-order valence-corrected chi connectivity index (χ2v) is 5.95. The number of ether oxygens (including phenoxy) is 2. The summed E-state index contributed by atoms with van der Waals surface area (Å²) in [5.74, 6) is 0.359. The van der Waals surface area contributed by atoms with E-state index >= 15 is 0 Å². The van der Waals surface area contributed by atoms with Crippen LogP contribution in [0.4, 0.5) is 0 Å². The van der Waals surface area contributed by atoms with Crippen molar-refractivity contribution in [3.63, 3.8) is 0 Å². The minimum absolute atomic E-state index is 0.367. The summed E-state index contributed by atoms with van der Waals surface area (Å²) < 4.78 is 11.2. The Labute approximate surface area is 143 Å². The predicted molar refractivity (Wildman–Crippen MR) is 91.6 cm³/mol. The molecular formula is C15H17BrN2O3S. The van der Waals surface area contributed by atoms with Crippen LogP contribution in [0.15, 0.2) is 33.9 Å². The molecule has 5 nitrogen and oxygen atoms in total. The molecule has 1 atom stereocenters. The molecule has 0 amide bonds. The van der Waals surface area contributed by atoms with Crippen molar-refractivity contribution in [3.05, 3.63) is 39.5 Å². The summed E-state index contributed by atoms with van der Waals surface area (Å²) >= 11 is 8.68. The van der Waals surface area contributed by atoms with E-state index in [-0.39, 0.29) is 6.04 Å². The monoisotopic (exact) mass is 384 g/mol. The molecule has 0 aromatic heterocycles. The van der Waals surface area contributed by atoms with Gasteiger partial charge in [-0.25, -0.2) is 4.79 Å². The lowest BCUT2D eigenvalue weighted by atomic mass is 9.95. The number of methoxy groups -OCH3 is 1. The third-order valence-corrected chi connectivity index (χ3v) is 4.10. The van der Waals surface area contributed by atoms with E-state index in [1.807, 2.05) is 25.1 Å². The highest BCUT2D eigenvalue weighted by atomic mass is 79.9. The lowest BCUT2D eigenvalue weighted by Gasteiger charge is -2.29. The van der Waals surface area contributed by atoms with Crippen molar-refractivity contribution in [2.45, 2.75) is 19.9 Å². The molecule has 2 N–H and O–H groups in total. The largest absolute Gasteiger partial charge is 0.493 e. The zero-order chi connectivity index (χ0) is 16.3. The molecule has 0 aliphatic carbocycles. The van der Waals surface area contributed by atoms with Gasteiger partial charge in [0.25, 0.3) is 0 Å². The average Bonchev–Trinajstić information content (AvgIpc) is 2.48. The number of hydrogen-bond donors (Lipinski definition) is 2. The quantitative estimate of drug-likeness (QED) is 0.614. The van der Waals surface area contributed by atoms with Crippen LogP contribution in [0.25, 0.3) is 0 Å². The number of allylic oxidation sites excluding steroid dienone is 1. The number of rotatable bonds is 4. The molecule has 0 fully saturated rings. The Bertz CT molecular complexity index is 646. The Morgan fingerprint density at radius 2 is 2.18 bits per heavy atom. The number of esters is 1. The standard InChI is InChI=1S/C15H17BrN2O3S/c1-4-21-11-6-5-9(7-10(11)16)13-12(14(19)20-3)8(2)17-15(22)18-13/h5-7,13H,4H2,1-3H3,(H2,17,18,22)/t13-/m1/s1. The number of thiocarbonyl (C=S) groups is 1. The molecule has 0 bridgehead atoms. The van der Waals surface area contributed by atoms with Gasteiger partial charge in [0.05, 0.1) is 29.8 Å². The average molecular weight is 385 g/mol. The zero-order valence-electron chi connectivity index (χ0n) is 12.5. The highest BCUT2D eigenvalue weighted by Gasteiger charge is 2.30. The van der Waals surface area contributed by atoms with Crippen molar-refractivity contribution in [1.82, 2.24) is 10.6 Å². The number of benzene rings is 1. The second-order valence-electron chi connectivity index (χ2n) is 4.68. The van der Waals surface area contributed by atoms with Crippen molar-refractivity contribution in [3.8, 4) is 5.75 Å². The van der Waals surface area contributed by atoms with E-state index in [0.717, 1.165) is 15.8 Å². The Morgan fingerprint density at radius 1 is 1.45 bits per heavy atom. The first-order valence-electron chi connectivity index (χ1n) is 6.76. The highest BCUT2D eigenvalue weighted by molar-refractivity contribution is 9.10. The molecule has 22 heavy (non-hydrogen) atoms. The molecule has 1 heterocycles. The first-order valence-corrected chi connectivity index (χ1v) is 7.96. The summed E-state index contributed by atoms with van der Waals surface area (Å²) in [4.78, 5) is 12.1. The Balaban J connectivity index is 2.44. The van der Waals surface area contributed by atoms with Crippen LogP contribution in [0.1, 0.15) is 25.5 Å². The third kappa shape index (κ3) is 3.41. The summed E-state index contributed by atoms with van der Waals surface area (Å²) in [6.07, 6.45) is 0. The summed E-state index contributed by atoms with van der Waals surface area (Å²) in [5.41, 5.74) is 2.08. The van der Waals surface area contributed by atoms with Crippen molar-refractivity contribution in [2.24, 2.45) is 0 Å². The molecule has 1 aliphatic heterocycles. The minimum atomic E-state index is -0.394. The van der Waals surface area contributed by atoms with Gasteiger partial charge in [-0.15, -0.1) is 0 Å². The maximum Gasteiger partial charge on any atom is 0.337 e. The van der Waals surface area contributed by atoms with E-state index in [1.165, 1.54) is 7.11 Å². The number of carbonyl (C=O) groups excluding carboxylic acids is 1. The Morgan fingerprint density at radius 3 is 2.77 bits per heavy atom. The molecule has 0 spiro atoms. The zero-order valence-corrected chi connectivity index (χ0v) is 14.9. The van der Waals surface area contributed by atoms with E-state index in [2.05, 4.69) is 26.6 Å². The fourth-order valence-corrected chi connectivity index (χ4v) is 3.08. The van der Waals surface area contributed by atoms with Crippen molar-refractivity contribution in [1.29, 1.82) is 0 Å². The van der Waals surface area contributed by atoms with Crippen LogP contribution >= 0.6 is 28.1 Å². The molecule has 7 heteroatoms. The molecule has 1 aromatic rings. The first kappa shape index (κ1) is 16.8. The number of carbonyl (C=O) groups is 1. The molecule has 1 aromatic carbocycles. The Kier molecular flexibility index (Phi) is 5.42. The smallest absolute Gasteiger partial charge is 0.337 e. The van der Waals surface area contributed by atoms with Crippen molar-refractivity contribution in [2.75, 3.05) is 13.7 Å². The fraction of sp³-hybridized carbons (Fsp3) is 0.333. The molecule has 0 saturated carbocycles. The lowest BCUT2D eigenvalue weighted by molar-refractivity contribution is -0.136. The van der Waals surface area contributed by atoms with Crippen LogP contribution in [0, 0.1) is 0 Å². The van der Waals surface area contributed by atoms with Gasteiger partial charge >= 0.3 is 5.97 Å². The molecule has 118 valence electrons. The van der Waals surface area contributed by atoms with Crippen LogP contribution in [-0.4, -0.2) is 24.8 Å². The van der Waals surface area contributed by atoms with Gasteiger partial charge in [0.15, 0.2) is 5.11 Å². The van der Waals surface area contributed by atoms with E-state index in [9.17, 15) is 4.79 Å². The molecule has 0 unspecified atom stereocenters. The minimum Gasteiger partial charge on any atom is -0.493 e. The van der Waals surface area contributed by atoms with Crippen molar-refractivity contribution < 1.29 is 14.3 Å². The lowest BCUT2D eigenvalue weighted by Crippen LogP contribution is -2.45. The molecule has 0 radical (unpaired) electrons. The van der Waals surface area contributed by atoms with Gasteiger partial charge in [-0.1, -0.05) is 6.07 Å². The molecule has 1 aliphatic rings. The molecular weight excluding hydrogens is 368 g/mol. The third-order valence-electron chi connectivity index (χ3n) is 3.26. The topological polar surface area (TPSA) is 59.6 Å². The number of nitrogens with one attached hydrogen (secondary N) is 2. The summed E-state index contributed by atoms with van der Waals surface area (Å²) in [5, 5.41) is 6.53. The Hall–Kier alpha value is -1.60. The SMILES string of the molecule is CCOc1ccc([C@H]2NC(=S)NC(C)=C2C(=O)OC)cc1Br. The van der Waals surface area contributed by atoms with Crippen LogP contribution in [0.2, 0.25) is 0 Å². The molecule has 2 rings (SSSR count). The second kappa shape index (κ2) is 7.11. The maximum absolute atomic E-state index is 12.1. The van der Waals surface area contributed by atoms with Gasteiger partial charge < -0.3 is 20.1 Å². The number of halogens is 1. The van der Waals surface area contributed by atoms with E-state index in [0.29, 0.717) is 23.0 Å². The van der Waals surface area contributed by atoms with Gasteiger partial charge in [-0.3, -0.25) is 0 Å². The highest BCUT2D eigenvalue weighted by Crippen LogP contribution is 2.33. The summed E-state index contributed by atoms with van der Waals surface area (Å²) in [6.45, 7) is 4.31. The van der Waals surface area contributed by atoms with Crippen LogP contribution in [0.3, 0.4) is 0 Å². The van der Waals surface area contributed by atoms with Gasteiger partial charge in [0, 0.05) is 5.70 Å². The first-order chi connectivity index (χ1) is 10.5. The van der Waals surface area contributed by atoms with Gasteiger partial charge in [-0.2, -0.15) is 0 Å². The normalized spacial score (nSPS) is 17.6. The molecule has 0 saturated heterocycles. The van der Waals surface area contributed by atoms with Crippen LogP contribution in [0.5, 0.6) is 5.75 Å². The fourth-order valence-electron chi connectivity index (χ4n) is 2.29. The van der Waals surface area contributed by atoms with Crippen LogP contribution in [-0.2, 0) is 9.53 Å². The summed E-state index contributed by atoms with van der Waals surface area (Å²) in [7, 11) is 1.36. The predicted octanol–water partition coefficient (Wildman–Crippen LogP) is 2.81. The van der Waals surface area contributed by atoms with Crippen molar-refractivity contribution >= 4 is 39.2 Å². The van der Waals surface area contributed by atoms with E-state index < -0.39 is 5.97 Å². The van der Waals surface area contributed by atoms with E-state index in [1.54, 1.807) is 6.92 Å². The maximum atomic E-state index is 12.1. The van der Waals surface area contributed by atoms with Gasteiger partial charge in [0.1, 0.15) is 5.75 Å².